The molecular formula is C27H32O3. The summed E-state index contributed by atoms with van der Waals surface area (Å²) in [7, 11) is 1.57. The zero-order valence-electron chi connectivity index (χ0n) is 18.5. The van der Waals surface area contributed by atoms with Gasteiger partial charge >= 0.3 is 0 Å². The Morgan fingerprint density at radius 1 is 0.967 bits per heavy atom. The van der Waals surface area contributed by atoms with E-state index in [-0.39, 0.29) is 5.75 Å². The standard InChI is InChI=1S/C17H18O2.C10H14O/c1-3-7-14-11-15(17(18)16(12-14)19-2)10-13-8-5-4-6-9-13;1-7(2)9-5-4-8(3)6-10(9)11/h3-9,11-12,18H,10H2,1-2H3;4-7,11H,1-3H3. The Balaban J connectivity index is 0.000000248. The van der Waals surface area contributed by atoms with E-state index in [1.807, 2.05) is 80.6 Å². The van der Waals surface area contributed by atoms with Crippen molar-refractivity contribution in [3.63, 3.8) is 0 Å². The highest BCUT2D eigenvalue weighted by atomic mass is 16.5. The van der Waals surface area contributed by atoms with Crippen LogP contribution in [-0.4, -0.2) is 17.3 Å². The molecule has 0 unspecified atom stereocenters. The van der Waals surface area contributed by atoms with E-state index in [0.29, 0.717) is 23.8 Å². The van der Waals surface area contributed by atoms with E-state index < -0.39 is 0 Å². The van der Waals surface area contributed by atoms with Crippen LogP contribution in [0.25, 0.3) is 6.08 Å². The van der Waals surface area contributed by atoms with Crippen LogP contribution in [0.2, 0.25) is 0 Å². The van der Waals surface area contributed by atoms with E-state index in [2.05, 4.69) is 13.8 Å². The molecule has 0 saturated heterocycles. The predicted octanol–water partition coefficient (Wildman–Crippen LogP) is 6.85. The zero-order valence-corrected chi connectivity index (χ0v) is 18.5. The molecule has 3 aromatic carbocycles. The van der Waals surface area contributed by atoms with Crippen molar-refractivity contribution < 1.29 is 14.9 Å². The second-order valence-corrected chi connectivity index (χ2v) is 7.61. The Morgan fingerprint density at radius 3 is 2.23 bits per heavy atom. The van der Waals surface area contributed by atoms with Crippen molar-refractivity contribution in [1.29, 1.82) is 0 Å². The molecule has 0 saturated carbocycles. The van der Waals surface area contributed by atoms with E-state index in [1.54, 1.807) is 13.2 Å². The summed E-state index contributed by atoms with van der Waals surface area (Å²) in [6, 6.07) is 19.7. The second kappa shape index (κ2) is 11.1. The fraction of sp³-hybridized carbons (Fsp3) is 0.259. The highest BCUT2D eigenvalue weighted by Gasteiger charge is 2.10. The maximum atomic E-state index is 10.2. The van der Waals surface area contributed by atoms with Crippen molar-refractivity contribution >= 4 is 6.08 Å². The highest BCUT2D eigenvalue weighted by molar-refractivity contribution is 5.59. The van der Waals surface area contributed by atoms with Crippen LogP contribution in [-0.2, 0) is 6.42 Å². The number of aromatic hydroxyl groups is 2. The van der Waals surface area contributed by atoms with Crippen LogP contribution in [0.1, 0.15) is 54.5 Å². The average Bonchev–Trinajstić information content (AvgIpc) is 2.71. The third-order valence-corrected chi connectivity index (χ3v) is 4.80. The number of methoxy groups -OCH3 is 1. The molecule has 30 heavy (non-hydrogen) atoms. The molecule has 0 amide bonds. The first-order valence-electron chi connectivity index (χ1n) is 10.2. The third kappa shape index (κ3) is 6.41. The lowest BCUT2D eigenvalue weighted by Gasteiger charge is -2.11. The fourth-order valence-electron chi connectivity index (χ4n) is 3.23. The fourth-order valence-corrected chi connectivity index (χ4v) is 3.23. The van der Waals surface area contributed by atoms with Crippen LogP contribution >= 0.6 is 0 Å². The summed E-state index contributed by atoms with van der Waals surface area (Å²) < 4.78 is 5.23. The summed E-state index contributed by atoms with van der Waals surface area (Å²) in [5.41, 5.74) is 5.20. The van der Waals surface area contributed by atoms with Crippen LogP contribution in [0.4, 0.5) is 0 Å². The van der Waals surface area contributed by atoms with Gasteiger partial charge in [0.05, 0.1) is 7.11 Å². The topological polar surface area (TPSA) is 49.7 Å². The Kier molecular flexibility index (Phi) is 8.54. The molecule has 0 bridgehead atoms. The lowest BCUT2D eigenvalue weighted by molar-refractivity contribution is 0.371. The monoisotopic (exact) mass is 404 g/mol. The largest absolute Gasteiger partial charge is 0.508 e. The number of allylic oxidation sites excluding steroid dienone is 1. The molecule has 0 aliphatic rings. The highest BCUT2D eigenvalue weighted by Crippen LogP contribution is 2.33. The first-order valence-corrected chi connectivity index (χ1v) is 10.2. The van der Waals surface area contributed by atoms with Crippen molar-refractivity contribution in [2.45, 2.75) is 40.0 Å². The molecule has 0 radical (unpaired) electrons. The average molecular weight is 405 g/mol. The number of rotatable bonds is 5. The van der Waals surface area contributed by atoms with Gasteiger partial charge in [-0.15, -0.1) is 0 Å². The minimum Gasteiger partial charge on any atom is -0.508 e. The van der Waals surface area contributed by atoms with Crippen molar-refractivity contribution in [3.8, 4) is 17.2 Å². The molecule has 158 valence electrons. The van der Waals surface area contributed by atoms with Gasteiger partial charge in [-0.05, 0) is 60.2 Å². The number of aryl methyl sites for hydroxylation is 1. The van der Waals surface area contributed by atoms with E-state index >= 15 is 0 Å². The van der Waals surface area contributed by atoms with Gasteiger partial charge in [0.25, 0.3) is 0 Å². The van der Waals surface area contributed by atoms with Gasteiger partial charge in [0.2, 0.25) is 0 Å². The third-order valence-electron chi connectivity index (χ3n) is 4.80. The van der Waals surface area contributed by atoms with Gasteiger partial charge in [0.1, 0.15) is 5.75 Å². The number of phenolic OH excluding ortho intramolecular Hbond substituents is 2. The Labute approximate surface area is 180 Å². The minimum absolute atomic E-state index is 0.222. The normalized spacial score (nSPS) is 10.7. The summed E-state index contributed by atoms with van der Waals surface area (Å²) in [5, 5.41) is 19.7. The van der Waals surface area contributed by atoms with Crippen molar-refractivity contribution in [2.75, 3.05) is 7.11 Å². The molecule has 0 aliphatic carbocycles. The van der Waals surface area contributed by atoms with Crippen LogP contribution in [0, 0.1) is 6.92 Å². The summed E-state index contributed by atoms with van der Waals surface area (Å²) in [6.45, 7) is 8.09. The Bertz CT molecular complexity index is 973. The molecule has 0 heterocycles. The number of hydrogen-bond acceptors (Lipinski definition) is 3. The van der Waals surface area contributed by atoms with Gasteiger partial charge in [-0.2, -0.15) is 0 Å². The quantitative estimate of drug-likeness (QED) is 0.489. The molecule has 3 nitrogen and oxygen atoms in total. The van der Waals surface area contributed by atoms with Gasteiger partial charge in [-0.3, -0.25) is 0 Å². The molecule has 2 N–H and O–H groups in total. The maximum Gasteiger partial charge on any atom is 0.161 e. The molecular weight excluding hydrogens is 372 g/mol. The van der Waals surface area contributed by atoms with Crippen LogP contribution in [0.3, 0.4) is 0 Å². The van der Waals surface area contributed by atoms with Gasteiger partial charge in [0.15, 0.2) is 11.5 Å². The maximum absolute atomic E-state index is 10.2. The molecule has 0 fully saturated rings. The van der Waals surface area contributed by atoms with Crippen LogP contribution in [0.5, 0.6) is 17.2 Å². The van der Waals surface area contributed by atoms with Gasteiger partial charge in [0, 0.05) is 12.0 Å². The van der Waals surface area contributed by atoms with E-state index in [1.165, 1.54) is 0 Å². The summed E-state index contributed by atoms with van der Waals surface area (Å²) in [6.07, 6.45) is 4.66. The van der Waals surface area contributed by atoms with Crippen molar-refractivity contribution in [2.24, 2.45) is 0 Å². The number of ether oxygens (including phenoxy) is 1. The molecule has 3 heteroatoms. The van der Waals surface area contributed by atoms with Crippen LogP contribution in [0.15, 0.2) is 66.7 Å². The molecule has 3 rings (SSSR count). The summed E-state index contributed by atoms with van der Waals surface area (Å²) in [4.78, 5) is 0. The van der Waals surface area contributed by atoms with E-state index in [0.717, 1.165) is 27.8 Å². The lowest BCUT2D eigenvalue weighted by Crippen LogP contribution is -1.93. The van der Waals surface area contributed by atoms with E-state index in [9.17, 15) is 10.2 Å². The number of benzene rings is 3. The van der Waals surface area contributed by atoms with Crippen molar-refractivity contribution in [3.05, 3.63) is 94.6 Å². The van der Waals surface area contributed by atoms with Crippen LogP contribution < -0.4 is 4.74 Å². The lowest BCUT2D eigenvalue weighted by atomic mass is 10.0. The van der Waals surface area contributed by atoms with Crippen molar-refractivity contribution in [1.82, 2.24) is 0 Å². The first-order chi connectivity index (χ1) is 14.3. The molecule has 0 aliphatic heterocycles. The van der Waals surface area contributed by atoms with Gasteiger partial charge in [-0.25, -0.2) is 0 Å². The Hall–Kier alpha value is -3.20. The Morgan fingerprint density at radius 2 is 1.67 bits per heavy atom. The molecule has 3 aromatic rings. The zero-order chi connectivity index (χ0) is 22.1. The number of hydrogen-bond donors (Lipinski definition) is 2. The SMILES string of the molecule is CC=Cc1cc(Cc2ccccc2)c(O)c(OC)c1.Cc1ccc(C(C)C)c(O)c1. The molecule has 0 spiro atoms. The smallest absolute Gasteiger partial charge is 0.161 e. The summed E-state index contributed by atoms with van der Waals surface area (Å²) >= 11 is 0. The van der Waals surface area contributed by atoms with Gasteiger partial charge in [-0.1, -0.05) is 68.5 Å². The summed E-state index contributed by atoms with van der Waals surface area (Å²) in [5.74, 6) is 1.55. The molecule has 0 atom stereocenters. The second-order valence-electron chi connectivity index (χ2n) is 7.61. The minimum atomic E-state index is 0.222. The predicted molar refractivity (Wildman–Crippen MR) is 126 cm³/mol. The van der Waals surface area contributed by atoms with Gasteiger partial charge < -0.3 is 14.9 Å². The molecule has 0 aromatic heterocycles. The number of phenols is 2. The van der Waals surface area contributed by atoms with E-state index in [4.69, 9.17) is 4.74 Å². The first kappa shape index (κ1) is 23.1.